The Morgan fingerprint density at radius 3 is 1.80 bits per heavy atom. The minimum Gasteiger partial charge on any atom is -0.550 e. The highest BCUT2D eigenvalue weighted by Gasteiger charge is 2.33. The lowest BCUT2D eigenvalue weighted by Crippen LogP contribution is -2.45. The van der Waals surface area contributed by atoms with Gasteiger partial charge in [-0.2, -0.15) is 0 Å². The molecule has 2 atom stereocenters. The minimum absolute atomic E-state index is 0.202. The summed E-state index contributed by atoms with van der Waals surface area (Å²) in [4.78, 5) is 24.3. The maximum absolute atomic E-state index is 12.9. The van der Waals surface area contributed by atoms with Crippen LogP contribution in [0.15, 0.2) is 60.7 Å². The molecule has 0 heterocycles. The Morgan fingerprint density at radius 2 is 1.32 bits per heavy atom. The first-order valence-electron chi connectivity index (χ1n) is 8.78. The van der Waals surface area contributed by atoms with Crippen LogP contribution in [0.4, 0.5) is 0 Å². The normalized spacial score (nSPS) is 20.2. The lowest BCUT2D eigenvalue weighted by Gasteiger charge is -2.32. The summed E-state index contributed by atoms with van der Waals surface area (Å²) in [5.41, 5.74) is 1.95. The molecule has 0 bridgehead atoms. The first-order chi connectivity index (χ1) is 12.2. The van der Waals surface area contributed by atoms with Crippen LogP contribution in [0.5, 0.6) is 0 Å². The summed E-state index contributed by atoms with van der Waals surface area (Å²) in [6.45, 7) is 0. The standard InChI is InChI=1S/C21H23NO3/c23-20(17-13-7-8-14-18(17)21(24)25)22-19(15-9-3-1-4-10-15)16-11-5-2-6-12-16/h1-6,9-12,17-19H,7-8,13-14H2,(H,22,23)(H,24,25)/p-1/t17-,18+/m0/s1. The average Bonchev–Trinajstić information content (AvgIpc) is 2.67. The summed E-state index contributed by atoms with van der Waals surface area (Å²) in [6.07, 6.45) is 2.83. The Kier molecular flexibility index (Phi) is 5.49. The van der Waals surface area contributed by atoms with Gasteiger partial charge in [0.05, 0.1) is 6.04 Å². The fourth-order valence-electron chi connectivity index (χ4n) is 3.63. The summed E-state index contributed by atoms with van der Waals surface area (Å²) in [7, 11) is 0. The van der Waals surface area contributed by atoms with Crippen LogP contribution in [0, 0.1) is 11.8 Å². The molecule has 2 aromatic rings. The Balaban J connectivity index is 1.85. The predicted molar refractivity (Wildman–Crippen MR) is 93.3 cm³/mol. The number of carbonyl (C=O) groups excluding carboxylic acids is 2. The third kappa shape index (κ3) is 4.08. The van der Waals surface area contributed by atoms with Crippen molar-refractivity contribution in [3.63, 3.8) is 0 Å². The molecule has 2 aromatic carbocycles. The molecule has 1 N–H and O–H groups in total. The fourth-order valence-corrected chi connectivity index (χ4v) is 3.63. The Bertz CT molecular complexity index is 675. The second kappa shape index (κ2) is 7.97. The van der Waals surface area contributed by atoms with Gasteiger partial charge in [0.2, 0.25) is 5.91 Å². The summed E-state index contributed by atoms with van der Waals surface area (Å²) in [6, 6.07) is 19.2. The maximum Gasteiger partial charge on any atom is 0.224 e. The molecule has 0 spiro atoms. The van der Waals surface area contributed by atoms with Crippen molar-refractivity contribution in [1.82, 2.24) is 5.32 Å². The number of carbonyl (C=O) groups is 2. The Hall–Kier alpha value is -2.62. The Labute approximate surface area is 147 Å². The largest absolute Gasteiger partial charge is 0.550 e. The third-order valence-corrected chi connectivity index (χ3v) is 4.96. The predicted octanol–water partition coefficient (Wildman–Crippen LogP) is 2.45. The van der Waals surface area contributed by atoms with E-state index in [1.54, 1.807) is 0 Å². The van der Waals surface area contributed by atoms with Crippen molar-refractivity contribution in [2.24, 2.45) is 11.8 Å². The highest BCUT2D eigenvalue weighted by molar-refractivity contribution is 5.85. The maximum atomic E-state index is 12.9. The molecule has 3 rings (SSSR count). The zero-order chi connectivity index (χ0) is 17.6. The van der Waals surface area contributed by atoms with E-state index >= 15 is 0 Å². The van der Waals surface area contributed by atoms with Crippen molar-refractivity contribution in [2.45, 2.75) is 31.7 Å². The van der Waals surface area contributed by atoms with Gasteiger partial charge in [-0.05, 0) is 24.0 Å². The van der Waals surface area contributed by atoms with Crippen LogP contribution in [-0.4, -0.2) is 11.9 Å². The van der Waals surface area contributed by atoms with Crippen LogP contribution in [0.25, 0.3) is 0 Å². The van der Waals surface area contributed by atoms with Crippen LogP contribution in [-0.2, 0) is 9.59 Å². The van der Waals surface area contributed by atoms with E-state index in [1.807, 2.05) is 60.7 Å². The van der Waals surface area contributed by atoms with Gasteiger partial charge in [0.1, 0.15) is 0 Å². The average molecular weight is 336 g/mol. The van der Waals surface area contributed by atoms with E-state index in [9.17, 15) is 14.7 Å². The second-order valence-corrected chi connectivity index (χ2v) is 6.58. The molecule has 4 heteroatoms. The lowest BCUT2D eigenvalue weighted by molar-refractivity contribution is -0.314. The molecular weight excluding hydrogens is 314 g/mol. The number of nitrogens with one attached hydrogen (secondary N) is 1. The van der Waals surface area contributed by atoms with Gasteiger partial charge in [0.25, 0.3) is 0 Å². The molecule has 4 nitrogen and oxygen atoms in total. The van der Waals surface area contributed by atoms with Crippen molar-refractivity contribution in [2.75, 3.05) is 0 Å². The number of benzene rings is 2. The summed E-state index contributed by atoms with van der Waals surface area (Å²) < 4.78 is 0. The van der Waals surface area contributed by atoms with Gasteiger partial charge in [0.15, 0.2) is 0 Å². The number of hydrogen-bond donors (Lipinski definition) is 1. The van der Waals surface area contributed by atoms with Gasteiger partial charge in [-0.25, -0.2) is 0 Å². The second-order valence-electron chi connectivity index (χ2n) is 6.58. The Morgan fingerprint density at radius 1 is 0.840 bits per heavy atom. The van der Waals surface area contributed by atoms with E-state index in [-0.39, 0.29) is 11.9 Å². The lowest BCUT2D eigenvalue weighted by atomic mass is 9.78. The van der Waals surface area contributed by atoms with Crippen LogP contribution >= 0.6 is 0 Å². The van der Waals surface area contributed by atoms with E-state index in [2.05, 4.69) is 5.32 Å². The van der Waals surface area contributed by atoms with Crippen molar-refractivity contribution in [1.29, 1.82) is 0 Å². The topological polar surface area (TPSA) is 69.2 Å². The zero-order valence-corrected chi connectivity index (χ0v) is 14.1. The molecule has 130 valence electrons. The van der Waals surface area contributed by atoms with E-state index in [4.69, 9.17) is 0 Å². The summed E-state index contributed by atoms with van der Waals surface area (Å²) in [5.74, 6) is -2.53. The van der Waals surface area contributed by atoms with Crippen LogP contribution in [0.1, 0.15) is 42.9 Å². The monoisotopic (exact) mass is 336 g/mol. The molecular formula is C21H22NO3-. The number of rotatable bonds is 5. The van der Waals surface area contributed by atoms with Gasteiger partial charge in [-0.3, -0.25) is 4.79 Å². The molecule has 0 saturated heterocycles. The minimum atomic E-state index is -1.11. The molecule has 0 unspecified atom stereocenters. The van der Waals surface area contributed by atoms with Gasteiger partial charge >= 0.3 is 0 Å². The number of aliphatic carboxylic acids is 1. The SMILES string of the molecule is O=C(NC(c1ccccc1)c1ccccc1)[C@H]1CCCC[C@H]1C(=O)[O-]. The van der Waals surface area contributed by atoms with Gasteiger partial charge < -0.3 is 15.2 Å². The molecule has 1 amide bonds. The smallest absolute Gasteiger partial charge is 0.224 e. The summed E-state index contributed by atoms with van der Waals surface area (Å²) in [5, 5.41) is 14.5. The van der Waals surface area contributed by atoms with Crippen LogP contribution in [0.3, 0.4) is 0 Å². The van der Waals surface area contributed by atoms with Crippen molar-refractivity contribution in [3.8, 4) is 0 Å². The number of amides is 1. The number of carboxylic acid groups (broad SMARTS) is 1. The molecule has 1 fully saturated rings. The highest BCUT2D eigenvalue weighted by atomic mass is 16.4. The highest BCUT2D eigenvalue weighted by Crippen LogP contribution is 2.31. The van der Waals surface area contributed by atoms with E-state index in [0.29, 0.717) is 12.8 Å². The number of hydrogen-bond acceptors (Lipinski definition) is 3. The molecule has 0 aromatic heterocycles. The molecule has 1 aliphatic carbocycles. The van der Waals surface area contributed by atoms with Crippen LogP contribution < -0.4 is 10.4 Å². The fraction of sp³-hybridized carbons (Fsp3) is 0.333. The van der Waals surface area contributed by atoms with Gasteiger partial charge in [0, 0.05) is 17.8 Å². The zero-order valence-electron chi connectivity index (χ0n) is 14.1. The van der Waals surface area contributed by atoms with Gasteiger partial charge in [-0.1, -0.05) is 73.5 Å². The van der Waals surface area contributed by atoms with Crippen LogP contribution in [0.2, 0.25) is 0 Å². The molecule has 1 saturated carbocycles. The molecule has 25 heavy (non-hydrogen) atoms. The first-order valence-corrected chi connectivity index (χ1v) is 8.78. The van der Waals surface area contributed by atoms with E-state index in [1.165, 1.54) is 0 Å². The van der Waals surface area contributed by atoms with Gasteiger partial charge in [-0.15, -0.1) is 0 Å². The number of carboxylic acids is 1. The summed E-state index contributed by atoms with van der Waals surface area (Å²) >= 11 is 0. The molecule has 0 radical (unpaired) electrons. The quantitative estimate of drug-likeness (QED) is 0.912. The van der Waals surface area contributed by atoms with Crippen molar-refractivity contribution < 1.29 is 14.7 Å². The third-order valence-electron chi connectivity index (χ3n) is 4.96. The van der Waals surface area contributed by atoms with Crippen molar-refractivity contribution >= 4 is 11.9 Å². The van der Waals surface area contributed by atoms with E-state index in [0.717, 1.165) is 24.0 Å². The van der Waals surface area contributed by atoms with E-state index < -0.39 is 17.8 Å². The first kappa shape index (κ1) is 17.2. The molecule has 0 aliphatic heterocycles. The molecule has 1 aliphatic rings. The van der Waals surface area contributed by atoms with Crippen molar-refractivity contribution in [3.05, 3.63) is 71.8 Å².